The number of hydrogen-bond donors (Lipinski definition) is 0. The summed E-state index contributed by atoms with van der Waals surface area (Å²) in [6.07, 6.45) is 0. The number of fused-ring (bicyclic) bond motifs is 3. The van der Waals surface area contributed by atoms with Crippen molar-refractivity contribution >= 4 is 45.8 Å². The van der Waals surface area contributed by atoms with Crippen molar-refractivity contribution in [2.45, 2.75) is 18.6 Å². The number of nitrogens with zero attached hydrogens (tertiary/aromatic N) is 6. The summed E-state index contributed by atoms with van der Waals surface area (Å²) in [5.41, 5.74) is 2.83. The first-order valence-corrected chi connectivity index (χ1v) is 11.9. The Bertz CT molecular complexity index is 1280. The maximum Gasteiger partial charge on any atom is 0.233 e. The average Bonchev–Trinajstić information content (AvgIpc) is 3.20. The third-order valence-corrected chi connectivity index (χ3v) is 6.75. The standard InChI is InChI=1S/C23H23ClN6OS/c1-16-25-22-19-7-2-3-8-20(19)26-23(30(22)27-16)32-15-21(31)29-11-9-28(10-12-29)14-17-5-4-6-18(24)13-17/h2-8,13H,9-12,14-15H2,1H3. The fraction of sp³-hybridized carbons (Fsp3) is 0.304. The Morgan fingerprint density at radius 3 is 2.69 bits per heavy atom. The quantitative estimate of drug-likeness (QED) is 0.330. The Kier molecular flexibility index (Phi) is 5.99. The van der Waals surface area contributed by atoms with Crippen molar-refractivity contribution in [2.75, 3.05) is 31.9 Å². The zero-order valence-corrected chi connectivity index (χ0v) is 19.3. The van der Waals surface area contributed by atoms with Crippen LogP contribution < -0.4 is 0 Å². The molecule has 0 spiro atoms. The molecule has 4 aromatic rings. The van der Waals surface area contributed by atoms with Crippen molar-refractivity contribution in [1.29, 1.82) is 0 Å². The molecule has 164 valence electrons. The second kappa shape index (κ2) is 9.05. The zero-order valence-electron chi connectivity index (χ0n) is 17.7. The topological polar surface area (TPSA) is 66.6 Å². The number of aryl methyl sites for hydroxylation is 1. The number of aromatic nitrogens is 4. The van der Waals surface area contributed by atoms with Gasteiger partial charge in [-0.25, -0.2) is 9.97 Å². The second-order valence-corrected chi connectivity index (χ2v) is 9.26. The van der Waals surface area contributed by atoms with E-state index in [2.05, 4.69) is 21.0 Å². The largest absolute Gasteiger partial charge is 0.339 e. The van der Waals surface area contributed by atoms with Gasteiger partial charge in [0.15, 0.2) is 10.8 Å². The van der Waals surface area contributed by atoms with E-state index < -0.39 is 0 Å². The van der Waals surface area contributed by atoms with Crippen LogP contribution in [-0.2, 0) is 11.3 Å². The Morgan fingerprint density at radius 1 is 1.06 bits per heavy atom. The molecule has 1 amide bonds. The van der Waals surface area contributed by atoms with Crippen molar-refractivity contribution < 1.29 is 4.79 Å². The molecule has 32 heavy (non-hydrogen) atoms. The van der Waals surface area contributed by atoms with Gasteiger partial charge >= 0.3 is 0 Å². The van der Waals surface area contributed by atoms with Crippen LogP contribution >= 0.6 is 23.4 Å². The summed E-state index contributed by atoms with van der Waals surface area (Å²) in [7, 11) is 0. The molecule has 5 rings (SSSR count). The molecule has 7 nitrogen and oxygen atoms in total. The normalized spacial score (nSPS) is 15.0. The minimum Gasteiger partial charge on any atom is -0.339 e. The highest BCUT2D eigenvalue weighted by molar-refractivity contribution is 7.99. The van der Waals surface area contributed by atoms with Crippen molar-refractivity contribution in [3.8, 4) is 0 Å². The Morgan fingerprint density at radius 2 is 1.88 bits per heavy atom. The highest BCUT2D eigenvalue weighted by Crippen LogP contribution is 2.24. The van der Waals surface area contributed by atoms with E-state index >= 15 is 0 Å². The second-order valence-electron chi connectivity index (χ2n) is 7.88. The van der Waals surface area contributed by atoms with E-state index in [0.717, 1.165) is 54.3 Å². The maximum absolute atomic E-state index is 12.9. The monoisotopic (exact) mass is 466 g/mol. The van der Waals surface area contributed by atoms with Gasteiger partial charge in [0.05, 0.1) is 11.3 Å². The smallest absolute Gasteiger partial charge is 0.233 e. The van der Waals surface area contributed by atoms with Gasteiger partial charge in [-0.3, -0.25) is 9.69 Å². The number of piperazine rings is 1. The number of halogens is 1. The van der Waals surface area contributed by atoms with Crippen LogP contribution in [0.2, 0.25) is 5.02 Å². The van der Waals surface area contributed by atoms with Gasteiger partial charge in [-0.15, -0.1) is 5.10 Å². The molecule has 0 bridgehead atoms. The summed E-state index contributed by atoms with van der Waals surface area (Å²) in [6, 6.07) is 15.8. The SMILES string of the molecule is Cc1nc2c3ccccc3nc(SCC(=O)N3CCN(Cc4cccc(Cl)c4)CC3)n2n1. The molecule has 0 radical (unpaired) electrons. The van der Waals surface area contributed by atoms with Crippen LogP contribution in [0.5, 0.6) is 0 Å². The minimum atomic E-state index is 0.123. The first-order valence-electron chi connectivity index (χ1n) is 10.6. The first kappa shape index (κ1) is 21.2. The van der Waals surface area contributed by atoms with Crippen molar-refractivity contribution in [2.24, 2.45) is 0 Å². The van der Waals surface area contributed by atoms with Gasteiger partial charge in [-0.05, 0) is 36.8 Å². The number of carbonyl (C=O) groups is 1. The lowest BCUT2D eigenvalue weighted by Gasteiger charge is -2.34. The molecule has 3 heterocycles. The Labute approximate surface area is 195 Å². The molecular weight excluding hydrogens is 444 g/mol. The van der Waals surface area contributed by atoms with Gasteiger partial charge in [0.1, 0.15) is 5.82 Å². The van der Waals surface area contributed by atoms with E-state index in [1.165, 1.54) is 17.3 Å². The third-order valence-electron chi connectivity index (χ3n) is 5.60. The molecule has 9 heteroatoms. The molecule has 2 aromatic heterocycles. The van der Waals surface area contributed by atoms with Crippen LogP contribution in [0, 0.1) is 6.92 Å². The van der Waals surface area contributed by atoms with E-state index in [9.17, 15) is 4.79 Å². The highest BCUT2D eigenvalue weighted by Gasteiger charge is 2.22. The van der Waals surface area contributed by atoms with E-state index in [0.29, 0.717) is 16.7 Å². The van der Waals surface area contributed by atoms with Crippen molar-refractivity contribution in [3.05, 3.63) is 64.9 Å². The van der Waals surface area contributed by atoms with Crippen LogP contribution in [0.25, 0.3) is 16.6 Å². The first-order chi connectivity index (χ1) is 15.6. The fourth-order valence-corrected chi connectivity index (χ4v) is 5.05. The molecule has 1 saturated heterocycles. The van der Waals surface area contributed by atoms with E-state index in [1.807, 2.05) is 54.3 Å². The Hall–Kier alpha value is -2.68. The highest BCUT2D eigenvalue weighted by atomic mass is 35.5. The number of carbonyl (C=O) groups excluding carboxylic acids is 1. The maximum atomic E-state index is 12.9. The van der Waals surface area contributed by atoms with Crippen LogP contribution in [0.1, 0.15) is 11.4 Å². The summed E-state index contributed by atoms with van der Waals surface area (Å²) in [4.78, 5) is 26.5. The van der Waals surface area contributed by atoms with Gasteiger partial charge in [0.25, 0.3) is 0 Å². The van der Waals surface area contributed by atoms with Gasteiger partial charge in [-0.1, -0.05) is 47.6 Å². The van der Waals surface area contributed by atoms with Crippen LogP contribution in [0.15, 0.2) is 53.7 Å². The Balaban J connectivity index is 1.22. The summed E-state index contributed by atoms with van der Waals surface area (Å²) >= 11 is 7.51. The number of thioether (sulfide) groups is 1. The number of rotatable bonds is 5. The number of amides is 1. The minimum absolute atomic E-state index is 0.123. The molecule has 0 saturated carbocycles. The van der Waals surface area contributed by atoms with Crippen molar-refractivity contribution in [1.82, 2.24) is 29.4 Å². The van der Waals surface area contributed by atoms with Crippen molar-refractivity contribution in [3.63, 3.8) is 0 Å². The van der Waals surface area contributed by atoms with Crippen LogP contribution in [0.4, 0.5) is 0 Å². The predicted octanol–water partition coefficient (Wildman–Crippen LogP) is 3.68. The number of benzene rings is 2. The summed E-state index contributed by atoms with van der Waals surface area (Å²) in [5, 5.41) is 6.89. The summed E-state index contributed by atoms with van der Waals surface area (Å²) < 4.78 is 1.75. The lowest BCUT2D eigenvalue weighted by Crippen LogP contribution is -2.48. The molecule has 0 aliphatic carbocycles. The third kappa shape index (κ3) is 4.44. The van der Waals surface area contributed by atoms with E-state index in [-0.39, 0.29) is 5.91 Å². The van der Waals surface area contributed by atoms with Gasteiger partial charge in [-0.2, -0.15) is 4.52 Å². The average molecular weight is 467 g/mol. The van der Waals surface area contributed by atoms with Gasteiger partial charge in [0, 0.05) is 43.1 Å². The molecule has 0 N–H and O–H groups in total. The molecule has 1 aliphatic heterocycles. The van der Waals surface area contributed by atoms with Crippen LogP contribution in [-0.4, -0.2) is 67.2 Å². The fourth-order valence-electron chi connectivity index (χ4n) is 3.99. The number of para-hydroxylation sites is 1. The summed E-state index contributed by atoms with van der Waals surface area (Å²) in [5.74, 6) is 1.14. The molecular formula is C23H23ClN6OS. The zero-order chi connectivity index (χ0) is 22.1. The number of hydrogen-bond acceptors (Lipinski definition) is 6. The lowest BCUT2D eigenvalue weighted by atomic mass is 10.2. The van der Waals surface area contributed by atoms with E-state index in [4.69, 9.17) is 16.6 Å². The van der Waals surface area contributed by atoms with E-state index in [1.54, 1.807) is 4.52 Å². The molecule has 1 aliphatic rings. The molecule has 2 aromatic carbocycles. The molecule has 0 atom stereocenters. The van der Waals surface area contributed by atoms with Crippen LogP contribution in [0.3, 0.4) is 0 Å². The lowest BCUT2D eigenvalue weighted by molar-refractivity contribution is -0.130. The molecule has 1 fully saturated rings. The predicted molar refractivity (Wildman–Crippen MR) is 127 cm³/mol. The summed E-state index contributed by atoms with van der Waals surface area (Å²) in [6.45, 7) is 5.87. The van der Waals surface area contributed by atoms with Gasteiger partial charge in [0.2, 0.25) is 5.91 Å². The molecule has 0 unspecified atom stereocenters. The van der Waals surface area contributed by atoms with Gasteiger partial charge < -0.3 is 4.90 Å².